The van der Waals surface area contributed by atoms with E-state index in [-0.39, 0.29) is 4.91 Å². The SMILES string of the molecule is O=C1NC(=O)/C(=C/c2cc3cncc(C#Cc4c(Cl)cccc4Cl)c3o2)S1. The fraction of sp³-hybridized carbons (Fsp3) is 0. The van der Waals surface area contributed by atoms with Gasteiger partial charge in [-0.25, -0.2) is 0 Å². The third kappa shape index (κ3) is 3.58. The molecule has 0 radical (unpaired) electrons. The number of benzene rings is 1. The highest BCUT2D eigenvalue weighted by Gasteiger charge is 2.25. The summed E-state index contributed by atoms with van der Waals surface area (Å²) in [6, 6.07) is 6.88. The number of hydrogen-bond donors (Lipinski definition) is 1. The van der Waals surface area contributed by atoms with E-state index < -0.39 is 11.1 Å². The van der Waals surface area contributed by atoms with Gasteiger partial charge in [-0.2, -0.15) is 0 Å². The smallest absolute Gasteiger partial charge is 0.290 e. The lowest BCUT2D eigenvalue weighted by atomic mass is 10.2. The lowest BCUT2D eigenvalue weighted by Gasteiger charge is -1.98. The number of nitrogens with zero attached hydrogens (tertiary/aromatic N) is 1. The molecule has 4 rings (SSSR count). The maximum atomic E-state index is 11.7. The number of imide groups is 1. The molecule has 5 nitrogen and oxygen atoms in total. The second kappa shape index (κ2) is 7.12. The first kappa shape index (κ1) is 17.7. The van der Waals surface area contributed by atoms with Gasteiger partial charge in [-0.05, 0) is 30.0 Å². The summed E-state index contributed by atoms with van der Waals surface area (Å²) in [7, 11) is 0. The maximum absolute atomic E-state index is 11.7. The van der Waals surface area contributed by atoms with Crippen molar-refractivity contribution in [3.8, 4) is 11.8 Å². The molecule has 1 aromatic carbocycles. The number of furan rings is 1. The molecule has 0 bridgehead atoms. The Bertz CT molecular complexity index is 1180. The minimum Gasteiger partial charge on any atom is -0.455 e. The summed E-state index contributed by atoms with van der Waals surface area (Å²) in [6.45, 7) is 0. The van der Waals surface area contributed by atoms with Gasteiger partial charge in [0, 0.05) is 23.9 Å². The van der Waals surface area contributed by atoms with Gasteiger partial charge >= 0.3 is 0 Å². The number of carbonyl (C=O) groups excluding carboxylic acids is 2. The Morgan fingerprint density at radius 3 is 2.63 bits per heavy atom. The largest absolute Gasteiger partial charge is 0.455 e. The first-order chi connectivity index (χ1) is 13.0. The lowest BCUT2D eigenvalue weighted by molar-refractivity contribution is -0.115. The fourth-order valence-corrected chi connectivity index (χ4v) is 3.59. The normalized spacial score (nSPS) is 15.1. The second-order valence-electron chi connectivity index (χ2n) is 5.45. The van der Waals surface area contributed by atoms with E-state index in [0.29, 0.717) is 37.9 Å². The van der Waals surface area contributed by atoms with Crippen LogP contribution >= 0.6 is 35.0 Å². The summed E-state index contributed by atoms with van der Waals surface area (Å²) in [4.78, 5) is 27.4. The number of nitrogens with one attached hydrogen (secondary N) is 1. The quantitative estimate of drug-likeness (QED) is 0.454. The predicted molar refractivity (Wildman–Crippen MR) is 106 cm³/mol. The number of rotatable bonds is 1. The number of amides is 2. The Kier molecular flexibility index (Phi) is 4.66. The molecule has 8 heteroatoms. The van der Waals surface area contributed by atoms with Crippen LogP contribution in [0.3, 0.4) is 0 Å². The second-order valence-corrected chi connectivity index (χ2v) is 7.28. The zero-order valence-corrected chi connectivity index (χ0v) is 15.7. The molecular weight excluding hydrogens is 407 g/mol. The molecule has 0 aliphatic carbocycles. The highest BCUT2D eigenvalue weighted by molar-refractivity contribution is 8.18. The molecule has 27 heavy (non-hydrogen) atoms. The van der Waals surface area contributed by atoms with Crippen molar-refractivity contribution in [2.24, 2.45) is 0 Å². The Balaban J connectivity index is 1.75. The van der Waals surface area contributed by atoms with Crippen LogP contribution in [-0.2, 0) is 4.79 Å². The van der Waals surface area contributed by atoms with E-state index in [1.54, 1.807) is 36.7 Å². The van der Waals surface area contributed by atoms with E-state index in [9.17, 15) is 9.59 Å². The van der Waals surface area contributed by atoms with Crippen LogP contribution in [0.1, 0.15) is 16.9 Å². The van der Waals surface area contributed by atoms with Crippen molar-refractivity contribution in [1.29, 1.82) is 0 Å². The van der Waals surface area contributed by atoms with Gasteiger partial charge in [0.1, 0.15) is 5.76 Å². The third-order valence-corrected chi connectivity index (χ3v) is 5.08. The molecule has 132 valence electrons. The number of thioether (sulfide) groups is 1. The standard InChI is InChI=1S/C19H8Cl2N2O3S/c20-14-2-1-3-15(21)13(14)5-4-10-8-22-9-11-6-12(26-17(10)11)7-16-18(24)23-19(25)27-16/h1-3,6-9H,(H,23,24,25)/b16-7-. The number of aromatic nitrogens is 1. The zero-order chi connectivity index (χ0) is 19.0. The minimum atomic E-state index is -0.447. The fourth-order valence-electron chi connectivity index (χ4n) is 2.44. The van der Waals surface area contributed by atoms with Gasteiger partial charge < -0.3 is 4.42 Å². The first-order valence-electron chi connectivity index (χ1n) is 7.60. The summed E-state index contributed by atoms with van der Waals surface area (Å²) in [5, 5.41) is 3.41. The van der Waals surface area contributed by atoms with E-state index >= 15 is 0 Å². The Morgan fingerprint density at radius 1 is 1.15 bits per heavy atom. The van der Waals surface area contributed by atoms with Gasteiger partial charge in [-0.15, -0.1) is 0 Å². The number of hydrogen-bond acceptors (Lipinski definition) is 5. The van der Waals surface area contributed by atoms with Crippen molar-refractivity contribution in [2.75, 3.05) is 0 Å². The van der Waals surface area contributed by atoms with Crippen LogP contribution in [0.25, 0.3) is 17.0 Å². The molecule has 2 amide bonds. The van der Waals surface area contributed by atoms with Crippen molar-refractivity contribution >= 4 is 63.2 Å². The molecule has 1 aliphatic rings. The van der Waals surface area contributed by atoms with Gasteiger partial charge in [-0.3, -0.25) is 19.9 Å². The molecule has 1 fully saturated rings. The van der Waals surface area contributed by atoms with E-state index in [2.05, 4.69) is 22.1 Å². The first-order valence-corrected chi connectivity index (χ1v) is 9.17. The van der Waals surface area contributed by atoms with Gasteiger partial charge in [0.05, 0.1) is 26.1 Å². The molecule has 3 aromatic rings. The molecule has 0 spiro atoms. The number of fused-ring (bicyclic) bond motifs is 1. The Labute approximate surface area is 167 Å². The molecule has 0 saturated carbocycles. The molecule has 1 saturated heterocycles. The summed E-state index contributed by atoms with van der Waals surface area (Å²) in [5.74, 6) is 5.89. The average Bonchev–Trinajstić information content (AvgIpc) is 3.17. The molecule has 1 N–H and O–H groups in total. The van der Waals surface area contributed by atoms with Crippen molar-refractivity contribution < 1.29 is 14.0 Å². The lowest BCUT2D eigenvalue weighted by Crippen LogP contribution is -2.17. The number of halogens is 2. The molecule has 0 atom stereocenters. The van der Waals surface area contributed by atoms with Crippen molar-refractivity contribution in [2.45, 2.75) is 0 Å². The van der Waals surface area contributed by atoms with E-state index in [1.807, 2.05) is 0 Å². The Hall–Kier alpha value is -2.72. The van der Waals surface area contributed by atoms with Crippen LogP contribution in [0.2, 0.25) is 10.0 Å². The van der Waals surface area contributed by atoms with E-state index in [4.69, 9.17) is 27.6 Å². The number of carbonyl (C=O) groups is 2. The molecular formula is C19H8Cl2N2O3S. The van der Waals surface area contributed by atoms with Crippen LogP contribution in [0.4, 0.5) is 4.79 Å². The van der Waals surface area contributed by atoms with Gasteiger partial charge in [0.2, 0.25) is 0 Å². The topological polar surface area (TPSA) is 72.2 Å². The van der Waals surface area contributed by atoms with Crippen LogP contribution in [0, 0.1) is 11.8 Å². The van der Waals surface area contributed by atoms with Crippen molar-refractivity contribution in [3.63, 3.8) is 0 Å². The van der Waals surface area contributed by atoms with Gasteiger partial charge in [-0.1, -0.05) is 41.1 Å². The summed E-state index contributed by atoms with van der Waals surface area (Å²) >= 11 is 13.1. The minimum absolute atomic E-state index is 0.266. The van der Waals surface area contributed by atoms with Gasteiger partial charge in [0.25, 0.3) is 11.1 Å². The highest BCUT2D eigenvalue weighted by atomic mass is 35.5. The summed E-state index contributed by atoms with van der Waals surface area (Å²) in [5.41, 5.74) is 1.58. The van der Waals surface area contributed by atoms with Crippen LogP contribution < -0.4 is 5.32 Å². The summed E-state index contributed by atoms with van der Waals surface area (Å²) in [6.07, 6.45) is 4.70. The molecule has 3 heterocycles. The third-order valence-electron chi connectivity index (χ3n) is 3.64. The van der Waals surface area contributed by atoms with Crippen LogP contribution in [-0.4, -0.2) is 16.1 Å². The number of pyridine rings is 1. The van der Waals surface area contributed by atoms with Crippen molar-refractivity contribution in [1.82, 2.24) is 10.3 Å². The van der Waals surface area contributed by atoms with E-state index in [1.165, 1.54) is 6.08 Å². The maximum Gasteiger partial charge on any atom is 0.290 e. The molecule has 2 aromatic heterocycles. The Morgan fingerprint density at radius 2 is 1.93 bits per heavy atom. The summed E-state index contributed by atoms with van der Waals surface area (Å²) < 4.78 is 5.80. The van der Waals surface area contributed by atoms with Crippen molar-refractivity contribution in [3.05, 3.63) is 68.5 Å². The van der Waals surface area contributed by atoms with Crippen LogP contribution in [0.5, 0.6) is 0 Å². The van der Waals surface area contributed by atoms with Crippen LogP contribution in [0.15, 0.2) is 46.0 Å². The van der Waals surface area contributed by atoms with E-state index in [0.717, 1.165) is 11.8 Å². The molecule has 1 aliphatic heterocycles. The van der Waals surface area contributed by atoms with Gasteiger partial charge in [0.15, 0.2) is 5.58 Å². The average molecular weight is 415 g/mol. The molecule has 0 unspecified atom stereocenters. The highest BCUT2D eigenvalue weighted by Crippen LogP contribution is 2.29. The monoisotopic (exact) mass is 414 g/mol. The predicted octanol–water partition coefficient (Wildman–Crippen LogP) is 4.86. The zero-order valence-electron chi connectivity index (χ0n) is 13.4.